The van der Waals surface area contributed by atoms with E-state index in [9.17, 15) is 19.5 Å². The van der Waals surface area contributed by atoms with E-state index < -0.39 is 18.2 Å². The molecule has 172 valence electrons. The summed E-state index contributed by atoms with van der Waals surface area (Å²) in [5.41, 5.74) is 1.46. The number of hydrogen-bond acceptors (Lipinski definition) is 8. The van der Waals surface area contributed by atoms with Crippen molar-refractivity contribution in [3.63, 3.8) is 0 Å². The number of carboxylic acids is 1. The number of nitrogens with zero attached hydrogens (tertiary/aromatic N) is 2. The van der Waals surface area contributed by atoms with Crippen molar-refractivity contribution >= 4 is 50.2 Å². The Kier molecular flexibility index (Phi) is 6.54. The van der Waals surface area contributed by atoms with Crippen LogP contribution in [-0.4, -0.2) is 69.7 Å². The number of ether oxygens (including phenoxy) is 1. The maximum Gasteiger partial charge on any atom is 0.335 e. The second-order valence-electron chi connectivity index (χ2n) is 7.68. The highest BCUT2D eigenvalue weighted by atomic mass is 32.1. The van der Waals surface area contributed by atoms with Crippen LogP contribution in [0.25, 0.3) is 10.2 Å². The highest BCUT2D eigenvalue weighted by molar-refractivity contribution is 7.22. The molecular formula is C22H22N4O6S. The summed E-state index contributed by atoms with van der Waals surface area (Å²) in [5.74, 6) is -1.17. The molecule has 11 heteroatoms. The lowest BCUT2D eigenvalue weighted by atomic mass is 10.2. The van der Waals surface area contributed by atoms with Crippen LogP contribution in [0.4, 0.5) is 10.8 Å². The third-order valence-electron chi connectivity index (χ3n) is 5.00. The fourth-order valence-electron chi connectivity index (χ4n) is 3.58. The summed E-state index contributed by atoms with van der Waals surface area (Å²) < 4.78 is 6.58. The molecule has 4 N–H and O–H groups in total. The SMILES string of the molecule is CC(=O)Nc1ccc2nc(NC(=O)CN3C[C@@H](O)[C@H](Oc4cccc(C(=O)O)c4)C3)sc2c1. The van der Waals surface area contributed by atoms with Gasteiger partial charge in [-0.15, -0.1) is 0 Å². The van der Waals surface area contributed by atoms with Gasteiger partial charge in [-0.3, -0.25) is 14.5 Å². The van der Waals surface area contributed by atoms with Crippen LogP contribution in [0.15, 0.2) is 42.5 Å². The number of rotatable bonds is 7. The first-order valence-electron chi connectivity index (χ1n) is 10.2. The summed E-state index contributed by atoms with van der Waals surface area (Å²) in [6.07, 6.45) is -1.41. The molecule has 10 nitrogen and oxygen atoms in total. The Balaban J connectivity index is 1.34. The monoisotopic (exact) mass is 470 g/mol. The van der Waals surface area contributed by atoms with Crippen LogP contribution in [0.5, 0.6) is 5.75 Å². The lowest BCUT2D eigenvalue weighted by Gasteiger charge is -2.17. The van der Waals surface area contributed by atoms with E-state index >= 15 is 0 Å². The minimum atomic E-state index is -1.06. The van der Waals surface area contributed by atoms with Gasteiger partial charge >= 0.3 is 5.97 Å². The Morgan fingerprint density at radius 1 is 1.18 bits per heavy atom. The number of nitrogens with one attached hydrogen (secondary N) is 2. The van der Waals surface area contributed by atoms with Crippen molar-refractivity contribution < 1.29 is 29.3 Å². The Morgan fingerprint density at radius 2 is 2.00 bits per heavy atom. The summed E-state index contributed by atoms with van der Waals surface area (Å²) in [4.78, 5) is 41.0. The van der Waals surface area contributed by atoms with Gasteiger partial charge in [-0.2, -0.15) is 0 Å². The zero-order chi connectivity index (χ0) is 23.5. The molecule has 1 aliphatic rings. The van der Waals surface area contributed by atoms with E-state index in [1.54, 1.807) is 35.2 Å². The van der Waals surface area contributed by atoms with Gasteiger partial charge in [0.15, 0.2) is 5.13 Å². The van der Waals surface area contributed by atoms with E-state index in [2.05, 4.69) is 15.6 Å². The van der Waals surface area contributed by atoms with Crippen molar-refractivity contribution in [2.24, 2.45) is 0 Å². The molecule has 2 aromatic carbocycles. The molecule has 2 heterocycles. The number of aliphatic hydroxyl groups is 1. The zero-order valence-electron chi connectivity index (χ0n) is 17.6. The quantitative estimate of drug-likeness (QED) is 0.411. The largest absolute Gasteiger partial charge is 0.486 e. The average Bonchev–Trinajstić information content (AvgIpc) is 3.29. The Labute approximate surface area is 192 Å². The number of carbonyl (C=O) groups is 3. The van der Waals surface area contributed by atoms with E-state index in [1.165, 1.54) is 30.4 Å². The summed E-state index contributed by atoms with van der Waals surface area (Å²) >= 11 is 1.30. The number of fused-ring (bicyclic) bond motifs is 1. The van der Waals surface area contributed by atoms with Gasteiger partial charge < -0.3 is 25.6 Å². The van der Waals surface area contributed by atoms with Crippen molar-refractivity contribution in [3.8, 4) is 5.75 Å². The summed E-state index contributed by atoms with van der Waals surface area (Å²) in [6, 6.07) is 11.4. The first-order chi connectivity index (χ1) is 15.8. The number of thiazole rings is 1. The molecule has 2 amide bonds. The predicted octanol–water partition coefficient (Wildman–Crippen LogP) is 2.02. The molecule has 0 radical (unpaired) electrons. The molecule has 1 fully saturated rings. The van der Waals surface area contributed by atoms with Gasteiger partial charge in [0.1, 0.15) is 18.0 Å². The molecule has 4 rings (SSSR count). The summed E-state index contributed by atoms with van der Waals surface area (Å²) in [6.45, 7) is 2.03. The second-order valence-corrected chi connectivity index (χ2v) is 8.71. The highest BCUT2D eigenvalue weighted by Gasteiger charge is 2.34. The summed E-state index contributed by atoms with van der Waals surface area (Å²) in [5, 5.41) is 25.3. The standard InChI is InChI=1S/C22H22N4O6S/c1-12(27)23-14-5-6-16-19(8-14)33-22(24-16)25-20(29)11-26-9-17(28)18(10-26)32-15-4-2-3-13(7-15)21(30)31/h2-8,17-18,28H,9-11H2,1H3,(H,23,27)(H,30,31)(H,24,25,29)/t17-,18-/m1/s1. The van der Waals surface area contributed by atoms with Crippen LogP contribution in [0.1, 0.15) is 17.3 Å². The maximum absolute atomic E-state index is 12.5. The number of hydrogen-bond donors (Lipinski definition) is 4. The molecule has 1 saturated heterocycles. The maximum atomic E-state index is 12.5. The van der Waals surface area contributed by atoms with Gasteiger partial charge in [-0.25, -0.2) is 9.78 Å². The number of amides is 2. The van der Waals surface area contributed by atoms with Crippen LogP contribution in [0, 0.1) is 0 Å². The first kappa shape index (κ1) is 22.6. The molecule has 1 aromatic heterocycles. The molecule has 0 unspecified atom stereocenters. The fourth-order valence-corrected chi connectivity index (χ4v) is 4.50. The minimum Gasteiger partial charge on any atom is -0.486 e. The number of likely N-dealkylation sites (tertiary alicyclic amines) is 1. The van der Waals surface area contributed by atoms with Crippen LogP contribution in [-0.2, 0) is 9.59 Å². The molecule has 3 aromatic rings. The molecule has 2 atom stereocenters. The number of carboxylic acid groups (broad SMARTS) is 1. The van der Waals surface area contributed by atoms with E-state index in [4.69, 9.17) is 9.84 Å². The highest BCUT2D eigenvalue weighted by Crippen LogP contribution is 2.28. The number of aliphatic hydroxyl groups excluding tert-OH is 1. The van der Waals surface area contributed by atoms with Gasteiger partial charge in [-0.1, -0.05) is 17.4 Å². The number of aromatic nitrogens is 1. The van der Waals surface area contributed by atoms with Crippen molar-refractivity contribution in [1.82, 2.24) is 9.88 Å². The minimum absolute atomic E-state index is 0.0408. The van der Waals surface area contributed by atoms with E-state index in [0.717, 1.165) is 4.70 Å². The number of β-amino-alcohol motifs (C(OH)–C–C–N with tert-alkyl or cyclic N) is 1. The number of anilines is 2. The van der Waals surface area contributed by atoms with Crippen molar-refractivity contribution in [2.45, 2.75) is 19.1 Å². The van der Waals surface area contributed by atoms with Gasteiger partial charge in [0.25, 0.3) is 0 Å². The lowest BCUT2D eigenvalue weighted by molar-refractivity contribution is -0.117. The molecule has 1 aliphatic heterocycles. The molecule has 0 saturated carbocycles. The topological polar surface area (TPSA) is 141 Å². The van der Waals surface area contributed by atoms with E-state index in [1.807, 2.05) is 0 Å². The summed E-state index contributed by atoms with van der Waals surface area (Å²) in [7, 11) is 0. The Bertz CT molecular complexity index is 1210. The third-order valence-corrected chi connectivity index (χ3v) is 5.94. The Morgan fingerprint density at radius 3 is 2.76 bits per heavy atom. The third kappa shape index (κ3) is 5.64. The van der Waals surface area contributed by atoms with Gasteiger partial charge in [0.2, 0.25) is 11.8 Å². The van der Waals surface area contributed by atoms with Crippen molar-refractivity contribution in [3.05, 3.63) is 48.0 Å². The van der Waals surface area contributed by atoms with Crippen LogP contribution in [0.3, 0.4) is 0 Å². The van der Waals surface area contributed by atoms with E-state index in [-0.39, 0.29) is 30.5 Å². The van der Waals surface area contributed by atoms with Gasteiger partial charge in [0.05, 0.1) is 22.3 Å². The normalized spacial score (nSPS) is 18.2. The first-order valence-corrected chi connectivity index (χ1v) is 11.0. The van der Waals surface area contributed by atoms with Crippen LogP contribution < -0.4 is 15.4 Å². The molecule has 0 aliphatic carbocycles. The molecule has 0 bridgehead atoms. The Hall–Kier alpha value is -3.54. The average molecular weight is 471 g/mol. The second kappa shape index (κ2) is 9.53. The van der Waals surface area contributed by atoms with Gasteiger partial charge in [-0.05, 0) is 36.4 Å². The lowest BCUT2D eigenvalue weighted by Crippen LogP contribution is -2.33. The zero-order valence-corrected chi connectivity index (χ0v) is 18.5. The van der Waals surface area contributed by atoms with Crippen LogP contribution in [0.2, 0.25) is 0 Å². The van der Waals surface area contributed by atoms with Crippen molar-refractivity contribution in [1.29, 1.82) is 0 Å². The van der Waals surface area contributed by atoms with Crippen molar-refractivity contribution in [2.75, 3.05) is 30.3 Å². The van der Waals surface area contributed by atoms with E-state index in [0.29, 0.717) is 28.6 Å². The molecular weight excluding hydrogens is 448 g/mol. The molecule has 0 spiro atoms. The predicted molar refractivity (Wildman–Crippen MR) is 123 cm³/mol. The van der Waals surface area contributed by atoms with Crippen LogP contribution >= 0.6 is 11.3 Å². The number of carbonyl (C=O) groups excluding carboxylic acids is 2. The van der Waals surface area contributed by atoms with Gasteiger partial charge in [0, 0.05) is 25.7 Å². The number of benzene rings is 2. The molecule has 33 heavy (non-hydrogen) atoms. The number of aromatic carboxylic acids is 1. The smallest absolute Gasteiger partial charge is 0.335 e. The fraction of sp³-hybridized carbons (Fsp3) is 0.273.